The van der Waals surface area contributed by atoms with Crippen molar-refractivity contribution in [2.75, 3.05) is 6.61 Å². The van der Waals surface area contributed by atoms with E-state index in [1.165, 1.54) is 6.33 Å². The standard InChI is InChI=1S/C8H6F2N4O5S/c9-8(10,20(16,17)18)1-19-7(15)5-4-6(13-2-11-4)14-3-12-5/h2-3H,1H2,(H,16,17,18)(H,11,12,13,14)/p-1. The van der Waals surface area contributed by atoms with Crippen LogP contribution >= 0.6 is 0 Å². The van der Waals surface area contributed by atoms with Gasteiger partial charge in [-0.05, 0) is 0 Å². The monoisotopic (exact) mass is 307 g/mol. The molecule has 1 N–H and O–H groups in total. The van der Waals surface area contributed by atoms with Crippen molar-refractivity contribution >= 4 is 27.3 Å². The molecule has 0 unspecified atom stereocenters. The topological polar surface area (TPSA) is 138 Å². The molecule has 2 aromatic heterocycles. The number of fused-ring (bicyclic) bond motifs is 1. The number of halogens is 2. The summed E-state index contributed by atoms with van der Waals surface area (Å²) < 4.78 is 60.5. The quantitative estimate of drug-likeness (QED) is 0.597. The van der Waals surface area contributed by atoms with Gasteiger partial charge in [-0.1, -0.05) is 0 Å². The van der Waals surface area contributed by atoms with E-state index in [2.05, 4.69) is 24.7 Å². The number of hydrogen-bond donors (Lipinski definition) is 1. The zero-order valence-corrected chi connectivity index (χ0v) is 10.2. The fourth-order valence-electron chi connectivity index (χ4n) is 1.21. The molecular weight excluding hydrogens is 302 g/mol. The number of carbonyl (C=O) groups is 1. The predicted octanol–water partition coefficient (Wildman–Crippen LogP) is -0.352. The summed E-state index contributed by atoms with van der Waals surface area (Å²) in [5.74, 6) is -1.34. The van der Waals surface area contributed by atoms with Gasteiger partial charge in [-0.3, -0.25) is 0 Å². The first kappa shape index (κ1) is 14.2. The maximum absolute atomic E-state index is 12.8. The van der Waals surface area contributed by atoms with Gasteiger partial charge < -0.3 is 14.3 Å². The van der Waals surface area contributed by atoms with Gasteiger partial charge in [0, 0.05) is 0 Å². The number of hydrogen-bond acceptors (Lipinski definition) is 8. The molecule has 0 amide bonds. The van der Waals surface area contributed by atoms with E-state index in [1.807, 2.05) is 0 Å². The molecule has 0 aliphatic carbocycles. The highest BCUT2D eigenvalue weighted by Gasteiger charge is 2.39. The van der Waals surface area contributed by atoms with E-state index < -0.39 is 33.6 Å². The van der Waals surface area contributed by atoms with Crippen LogP contribution in [0, 0.1) is 0 Å². The number of H-pyrrole nitrogens is 1. The Kier molecular flexibility index (Phi) is 3.35. The van der Waals surface area contributed by atoms with Crippen LogP contribution in [0.2, 0.25) is 0 Å². The number of nitrogens with zero attached hydrogens (tertiary/aromatic N) is 3. The number of carbonyl (C=O) groups excluding carboxylic acids is 1. The molecule has 20 heavy (non-hydrogen) atoms. The molecule has 0 bridgehead atoms. The Labute approximate surface area is 109 Å². The summed E-state index contributed by atoms with van der Waals surface area (Å²) in [6, 6.07) is 0. The molecule has 108 valence electrons. The van der Waals surface area contributed by atoms with Crippen LogP contribution < -0.4 is 0 Å². The number of alkyl halides is 2. The van der Waals surface area contributed by atoms with Gasteiger partial charge in [0.05, 0.1) is 6.33 Å². The number of esters is 1. The second-order valence-electron chi connectivity index (χ2n) is 3.49. The van der Waals surface area contributed by atoms with E-state index in [1.54, 1.807) is 0 Å². The van der Waals surface area contributed by atoms with Crippen LogP contribution in [0.5, 0.6) is 0 Å². The Bertz CT molecular complexity index is 759. The van der Waals surface area contributed by atoms with E-state index in [0.717, 1.165) is 6.33 Å². The largest absolute Gasteiger partial charge is 0.743 e. The van der Waals surface area contributed by atoms with E-state index in [0.29, 0.717) is 0 Å². The molecule has 0 aliphatic rings. The molecule has 0 fully saturated rings. The number of rotatable bonds is 4. The highest BCUT2D eigenvalue weighted by molar-refractivity contribution is 7.86. The van der Waals surface area contributed by atoms with Gasteiger partial charge in [0.15, 0.2) is 28.1 Å². The molecule has 0 radical (unpaired) electrons. The van der Waals surface area contributed by atoms with Crippen LogP contribution in [0.15, 0.2) is 12.7 Å². The summed E-state index contributed by atoms with van der Waals surface area (Å²) >= 11 is 0. The molecule has 12 heteroatoms. The summed E-state index contributed by atoms with van der Waals surface area (Å²) in [6.07, 6.45) is 2.13. The third-order valence-corrected chi connectivity index (χ3v) is 3.00. The lowest BCUT2D eigenvalue weighted by Crippen LogP contribution is -2.34. The minimum Gasteiger partial charge on any atom is -0.743 e. The fourth-order valence-corrected chi connectivity index (χ4v) is 1.41. The van der Waals surface area contributed by atoms with Crippen molar-refractivity contribution in [1.29, 1.82) is 0 Å². The van der Waals surface area contributed by atoms with E-state index in [-0.39, 0.29) is 11.2 Å². The van der Waals surface area contributed by atoms with Crippen LogP contribution in [0.3, 0.4) is 0 Å². The normalized spacial score (nSPS) is 12.6. The second-order valence-corrected chi connectivity index (χ2v) is 5.00. The molecule has 2 aromatic rings. The smallest absolute Gasteiger partial charge is 0.367 e. The van der Waals surface area contributed by atoms with Gasteiger partial charge >= 0.3 is 11.2 Å². The summed E-state index contributed by atoms with van der Waals surface area (Å²) in [4.78, 5) is 24.9. The summed E-state index contributed by atoms with van der Waals surface area (Å²) in [7, 11) is -5.93. The first-order valence-corrected chi connectivity index (χ1v) is 6.27. The highest BCUT2D eigenvalue weighted by atomic mass is 32.2. The molecule has 0 saturated heterocycles. The molecule has 0 spiro atoms. The van der Waals surface area contributed by atoms with Crippen molar-refractivity contribution in [3.63, 3.8) is 0 Å². The molecule has 0 aromatic carbocycles. The lowest BCUT2D eigenvalue weighted by Gasteiger charge is -2.19. The average Bonchev–Trinajstić information content (AvgIpc) is 2.82. The van der Waals surface area contributed by atoms with Gasteiger partial charge in [-0.25, -0.2) is 28.2 Å². The van der Waals surface area contributed by atoms with Crippen molar-refractivity contribution < 1.29 is 31.3 Å². The maximum atomic E-state index is 12.8. The van der Waals surface area contributed by atoms with E-state index in [4.69, 9.17) is 0 Å². The zero-order chi connectivity index (χ0) is 15.0. The lowest BCUT2D eigenvalue weighted by molar-refractivity contribution is -0.0102. The Morgan fingerprint density at radius 1 is 1.40 bits per heavy atom. The Morgan fingerprint density at radius 3 is 2.75 bits per heavy atom. The van der Waals surface area contributed by atoms with Crippen molar-refractivity contribution in [3.05, 3.63) is 18.3 Å². The minimum absolute atomic E-state index is 0.0331. The molecule has 0 saturated carbocycles. The average molecular weight is 307 g/mol. The molecule has 2 heterocycles. The van der Waals surface area contributed by atoms with Crippen molar-refractivity contribution in [3.8, 4) is 0 Å². The number of imidazole rings is 1. The van der Waals surface area contributed by atoms with Gasteiger partial charge in [-0.2, -0.15) is 8.78 Å². The van der Waals surface area contributed by atoms with Crippen molar-refractivity contribution in [2.45, 2.75) is 5.25 Å². The summed E-state index contributed by atoms with van der Waals surface area (Å²) in [5, 5.41) is -4.72. The molecule has 0 atom stereocenters. The van der Waals surface area contributed by atoms with Gasteiger partial charge in [0.25, 0.3) is 0 Å². The number of aromatic nitrogens is 4. The predicted molar refractivity (Wildman–Crippen MR) is 56.6 cm³/mol. The Balaban J connectivity index is 2.20. The minimum atomic E-state index is -5.93. The summed E-state index contributed by atoms with van der Waals surface area (Å²) in [6.45, 7) is -1.91. The van der Waals surface area contributed by atoms with Crippen LogP contribution in [-0.4, -0.2) is 50.7 Å². The molecule has 2 rings (SSSR count). The van der Waals surface area contributed by atoms with Gasteiger partial charge in [0.1, 0.15) is 11.8 Å². The lowest BCUT2D eigenvalue weighted by atomic mass is 10.3. The van der Waals surface area contributed by atoms with Gasteiger partial charge in [0.2, 0.25) is 0 Å². The maximum Gasteiger partial charge on any atom is 0.367 e. The highest BCUT2D eigenvalue weighted by Crippen LogP contribution is 2.21. The second kappa shape index (κ2) is 4.72. The number of ether oxygens (including phenoxy) is 1. The molecule has 9 nitrogen and oxygen atoms in total. The van der Waals surface area contributed by atoms with E-state index in [9.17, 15) is 26.5 Å². The fraction of sp³-hybridized carbons (Fsp3) is 0.250. The van der Waals surface area contributed by atoms with Gasteiger partial charge in [-0.15, -0.1) is 0 Å². The summed E-state index contributed by atoms with van der Waals surface area (Å²) in [5.41, 5.74) is -0.285. The van der Waals surface area contributed by atoms with E-state index >= 15 is 0 Å². The van der Waals surface area contributed by atoms with Crippen molar-refractivity contribution in [1.82, 2.24) is 19.9 Å². The molecular formula is C8H5F2N4O5S-. The zero-order valence-electron chi connectivity index (χ0n) is 9.41. The third-order valence-electron chi connectivity index (χ3n) is 2.15. The Hall–Kier alpha value is -2.21. The van der Waals surface area contributed by atoms with Crippen LogP contribution in [0.4, 0.5) is 8.78 Å². The third kappa shape index (κ3) is 2.55. The SMILES string of the molecule is O=C(OCC(F)(F)S(=O)(=O)[O-])c1ncnc2nc[nH]c12. The van der Waals surface area contributed by atoms with Crippen LogP contribution in [0.1, 0.15) is 10.5 Å². The van der Waals surface area contributed by atoms with Crippen LogP contribution in [0.25, 0.3) is 11.2 Å². The Morgan fingerprint density at radius 2 is 2.10 bits per heavy atom. The first-order chi connectivity index (χ1) is 9.22. The number of aromatic amines is 1. The number of nitrogens with one attached hydrogen (secondary N) is 1. The van der Waals surface area contributed by atoms with Crippen molar-refractivity contribution in [2.24, 2.45) is 0 Å². The van der Waals surface area contributed by atoms with Crippen LogP contribution in [-0.2, 0) is 14.9 Å². The first-order valence-electron chi connectivity index (χ1n) is 4.87. The molecule has 0 aliphatic heterocycles.